The number of nitrogens with zero attached hydrogens (tertiary/aromatic N) is 3. The van der Waals surface area contributed by atoms with Crippen LogP contribution in [0.5, 0.6) is 0 Å². The first kappa shape index (κ1) is 13.5. The Labute approximate surface area is 113 Å². The van der Waals surface area contributed by atoms with Crippen LogP contribution in [0.4, 0.5) is 11.4 Å². The molecule has 8 nitrogen and oxygen atoms in total. The number of hydrogen-bond donors (Lipinski definition) is 1. The molecule has 20 heavy (non-hydrogen) atoms. The number of rotatable bonds is 2. The minimum Gasteiger partial charge on any atom is -0.349 e. The third kappa shape index (κ3) is 2.29. The van der Waals surface area contributed by atoms with Gasteiger partial charge in [0.25, 0.3) is 5.69 Å². The van der Waals surface area contributed by atoms with Crippen molar-refractivity contribution in [2.24, 2.45) is 0 Å². The Morgan fingerprint density at radius 2 is 2.20 bits per heavy atom. The highest BCUT2D eigenvalue weighted by Gasteiger charge is 2.32. The van der Waals surface area contributed by atoms with Crippen LogP contribution in [-0.2, 0) is 9.59 Å². The third-order valence-electron chi connectivity index (χ3n) is 3.04. The Kier molecular flexibility index (Phi) is 3.35. The zero-order chi connectivity index (χ0) is 14.9. The molecule has 0 aliphatic carbocycles. The molecule has 0 aromatic heterocycles. The van der Waals surface area contributed by atoms with Crippen LogP contribution >= 0.6 is 0 Å². The monoisotopic (exact) mass is 274 g/mol. The minimum atomic E-state index is -0.638. The maximum absolute atomic E-state index is 11.6. The number of nitro groups is 1. The van der Waals surface area contributed by atoms with Gasteiger partial charge in [0.1, 0.15) is 12.1 Å². The van der Waals surface area contributed by atoms with Gasteiger partial charge in [0.2, 0.25) is 11.8 Å². The highest BCUT2D eigenvalue weighted by molar-refractivity contribution is 6.04. The lowest BCUT2D eigenvalue weighted by atomic mass is 10.1. The predicted molar refractivity (Wildman–Crippen MR) is 67.8 cm³/mol. The molecule has 0 saturated carbocycles. The van der Waals surface area contributed by atoms with E-state index in [0.29, 0.717) is 5.69 Å². The first-order chi connectivity index (χ1) is 9.43. The van der Waals surface area contributed by atoms with E-state index >= 15 is 0 Å². The van der Waals surface area contributed by atoms with Gasteiger partial charge in [0.15, 0.2) is 0 Å². The van der Waals surface area contributed by atoms with Crippen LogP contribution < -0.4 is 10.2 Å². The molecule has 1 fully saturated rings. The van der Waals surface area contributed by atoms with E-state index in [9.17, 15) is 19.7 Å². The SMILES string of the molecule is CC1C(=O)NC(=O)CN1c1ccc([N+](=O)[O-])cc1C#N. The number of imide groups is 1. The number of hydrogen-bond acceptors (Lipinski definition) is 6. The van der Waals surface area contributed by atoms with Crippen molar-refractivity contribution < 1.29 is 14.5 Å². The van der Waals surface area contributed by atoms with Crippen molar-refractivity contribution in [3.05, 3.63) is 33.9 Å². The maximum Gasteiger partial charge on any atom is 0.270 e. The molecule has 1 aromatic carbocycles. The van der Waals surface area contributed by atoms with Crippen LogP contribution in [0.25, 0.3) is 0 Å². The van der Waals surface area contributed by atoms with Gasteiger partial charge >= 0.3 is 0 Å². The first-order valence-corrected chi connectivity index (χ1v) is 5.73. The molecule has 1 aromatic rings. The molecule has 1 aliphatic rings. The lowest BCUT2D eigenvalue weighted by molar-refractivity contribution is -0.384. The lowest BCUT2D eigenvalue weighted by Crippen LogP contribution is -2.57. The topological polar surface area (TPSA) is 116 Å². The fourth-order valence-electron chi connectivity index (χ4n) is 1.99. The summed E-state index contributed by atoms with van der Waals surface area (Å²) in [6, 6.07) is 4.95. The van der Waals surface area contributed by atoms with Crippen molar-refractivity contribution in [2.75, 3.05) is 11.4 Å². The van der Waals surface area contributed by atoms with Crippen molar-refractivity contribution in [1.82, 2.24) is 5.32 Å². The van der Waals surface area contributed by atoms with Crippen LogP contribution in [0.1, 0.15) is 12.5 Å². The van der Waals surface area contributed by atoms with Crippen LogP contribution in [-0.4, -0.2) is 29.3 Å². The number of nitriles is 1. The van der Waals surface area contributed by atoms with E-state index in [-0.39, 0.29) is 17.8 Å². The second-order valence-corrected chi connectivity index (χ2v) is 4.29. The second kappa shape index (κ2) is 4.97. The average molecular weight is 274 g/mol. The number of nitro benzene ring substituents is 1. The van der Waals surface area contributed by atoms with E-state index in [1.807, 2.05) is 6.07 Å². The van der Waals surface area contributed by atoms with E-state index in [4.69, 9.17) is 5.26 Å². The summed E-state index contributed by atoms with van der Waals surface area (Å²) in [6.45, 7) is 1.50. The van der Waals surface area contributed by atoms with Gasteiger partial charge < -0.3 is 4.90 Å². The normalized spacial score (nSPS) is 18.4. The summed E-state index contributed by atoms with van der Waals surface area (Å²) in [6.07, 6.45) is 0. The van der Waals surface area contributed by atoms with Crippen molar-refractivity contribution >= 4 is 23.2 Å². The standard InChI is InChI=1S/C12H10N4O4/c1-7-12(18)14-11(17)6-15(7)10-3-2-9(16(19)20)4-8(10)5-13/h2-4,7H,6H2,1H3,(H,14,17,18). The zero-order valence-corrected chi connectivity index (χ0v) is 10.5. The Morgan fingerprint density at radius 1 is 1.50 bits per heavy atom. The number of amides is 2. The summed E-state index contributed by atoms with van der Waals surface area (Å²) in [7, 11) is 0. The molecule has 2 rings (SSSR count). The largest absolute Gasteiger partial charge is 0.349 e. The van der Waals surface area contributed by atoms with Gasteiger partial charge in [-0.05, 0) is 13.0 Å². The summed E-state index contributed by atoms with van der Waals surface area (Å²) in [5, 5.41) is 22.0. The van der Waals surface area contributed by atoms with Crippen molar-refractivity contribution in [3.63, 3.8) is 0 Å². The highest BCUT2D eigenvalue weighted by atomic mass is 16.6. The molecule has 0 radical (unpaired) electrons. The number of carbonyl (C=O) groups is 2. The third-order valence-corrected chi connectivity index (χ3v) is 3.04. The smallest absolute Gasteiger partial charge is 0.270 e. The first-order valence-electron chi connectivity index (χ1n) is 5.73. The number of piperazine rings is 1. The molecule has 1 saturated heterocycles. The number of benzene rings is 1. The molecule has 1 aliphatic heterocycles. The fourth-order valence-corrected chi connectivity index (χ4v) is 1.99. The summed E-state index contributed by atoms with van der Waals surface area (Å²) < 4.78 is 0. The van der Waals surface area contributed by atoms with Crippen molar-refractivity contribution in [2.45, 2.75) is 13.0 Å². The molecule has 1 heterocycles. The highest BCUT2D eigenvalue weighted by Crippen LogP contribution is 2.27. The Bertz CT molecular complexity index is 649. The summed E-state index contributed by atoms with van der Waals surface area (Å²) in [5.74, 6) is -0.946. The summed E-state index contributed by atoms with van der Waals surface area (Å²) >= 11 is 0. The Morgan fingerprint density at radius 3 is 2.80 bits per heavy atom. The van der Waals surface area contributed by atoms with Crippen LogP contribution in [0.2, 0.25) is 0 Å². The van der Waals surface area contributed by atoms with Gasteiger partial charge in [0, 0.05) is 12.1 Å². The lowest BCUT2D eigenvalue weighted by Gasteiger charge is -2.33. The molecular weight excluding hydrogens is 264 g/mol. The van der Waals surface area contributed by atoms with E-state index in [1.54, 1.807) is 6.92 Å². The molecule has 1 N–H and O–H groups in total. The van der Waals surface area contributed by atoms with Crippen molar-refractivity contribution in [1.29, 1.82) is 5.26 Å². The van der Waals surface area contributed by atoms with E-state index in [1.165, 1.54) is 17.0 Å². The van der Waals surface area contributed by atoms with Gasteiger partial charge in [-0.2, -0.15) is 5.26 Å². The van der Waals surface area contributed by atoms with Gasteiger partial charge in [-0.3, -0.25) is 25.0 Å². The fraction of sp³-hybridized carbons (Fsp3) is 0.250. The molecule has 1 atom stereocenters. The number of non-ortho nitro benzene ring substituents is 1. The zero-order valence-electron chi connectivity index (χ0n) is 10.5. The van der Waals surface area contributed by atoms with E-state index < -0.39 is 22.8 Å². The second-order valence-electron chi connectivity index (χ2n) is 4.29. The van der Waals surface area contributed by atoms with Gasteiger partial charge in [-0.1, -0.05) is 0 Å². The predicted octanol–water partition coefficient (Wildman–Crippen LogP) is 0.318. The molecule has 1 unspecified atom stereocenters. The minimum absolute atomic E-state index is 0.0496. The molecule has 8 heteroatoms. The number of anilines is 1. The summed E-state index contributed by atoms with van der Waals surface area (Å²) in [4.78, 5) is 34.5. The van der Waals surface area contributed by atoms with Gasteiger partial charge in [0.05, 0.1) is 22.7 Å². The average Bonchev–Trinajstić information content (AvgIpc) is 2.42. The molecular formula is C12H10N4O4. The molecule has 0 spiro atoms. The Balaban J connectivity index is 2.46. The molecule has 2 amide bonds. The van der Waals surface area contributed by atoms with Gasteiger partial charge in [-0.15, -0.1) is 0 Å². The van der Waals surface area contributed by atoms with Crippen molar-refractivity contribution in [3.8, 4) is 6.07 Å². The summed E-state index contributed by atoms with van der Waals surface area (Å²) in [5.41, 5.74) is 0.160. The quantitative estimate of drug-likeness (QED) is 0.471. The van der Waals surface area contributed by atoms with Gasteiger partial charge in [-0.25, -0.2) is 0 Å². The van der Waals surface area contributed by atoms with E-state index in [0.717, 1.165) is 6.07 Å². The van der Waals surface area contributed by atoms with Crippen LogP contribution in [0.15, 0.2) is 18.2 Å². The maximum atomic E-state index is 11.6. The van der Waals surface area contributed by atoms with Crippen LogP contribution in [0, 0.1) is 21.4 Å². The Hall–Kier alpha value is -2.95. The van der Waals surface area contributed by atoms with E-state index in [2.05, 4.69) is 5.32 Å². The molecule has 0 bridgehead atoms. The number of carbonyl (C=O) groups excluding carboxylic acids is 2. The number of nitrogens with one attached hydrogen (secondary N) is 1. The molecule has 102 valence electrons. The van der Waals surface area contributed by atoms with Crippen LogP contribution in [0.3, 0.4) is 0 Å².